The Hall–Kier alpha value is -2.99. The van der Waals surface area contributed by atoms with Crippen LogP contribution in [0.3, 0.4) is 0 Å². The number of halogens is 1. The third kappa shape index (κ3) is 4.26. The van der Waals surface area contributed by atoms with Crippen LogP contribution in [-0.2, 0) is 19.7 Å². The first-order valence-corrected chi connectivity index (χ1v) is 10.2. The van der Waals surface area contributed by atoms with Crippen LogP contribution in [0, 0.1) is 12.7 Å². The Balaban J connectivity index is 2.25. The Labute approximate surface area is 182 Å². The molecule has 1 saturated heterocycles. The SMILES string of the molecule is COCCN1C(=O)C(=O)/C(=C(/O)c2cc(C(C)(C)C)ccc2C)C1c1ccccc1F. The van der Waals surface area contributed by atoms with E-state index in [9.17, 15) is 19.1 Å². The van der Waals surface area contributed by atoms with Crippen molar-refractivity contribution in [1.29, 1.82) is 0 Å². The van der Waals surface area contributed by atoms with Crippen LogP contribution in [0.5, 0.6) is 0 Å². The Bertz CT molecular complexity index is 1050. The second-order valence-corrected chi connectivity index (χ2v) is 8.79. The number of aryl methyl sites for hydroxylation is 1. The Morgan fingerprint density at radius 3 is 2.45 bits per heavy atom. The van der Waals surface area contributed by atoms with Crippen molar-refractivity contribution in [3.63, 3.8) is 0 Å². The molecule has 0 saturated carbocycles. The number of rotatable bonds is 5. The summed E-state index contributed by atoms with van der Waals surface area (Å²) in [5, 5.41) is 11.3. The van der Waals surface area contributed by atoms with E-state index in [1.165, 1.54) is 30.2 Å². The number of ether oxygens (including phenoxy) is 1. The van der Waals surface area contributed by atoms with Crippen molar-refractivity contribution < 1.29 is 23.8 Å². The van der Waals surface area contributed by atoms with E-state index in [2.05, 4.69) is 0 Å². The van der Waals surface area contributed by atoms with Crippen LogP contribution in [-0.4, -0.2) is 42.0 Å². The zero-order chi connectivity index (χ0) is 22.9. The highest BCUT2D eigenvalue weighted by molar-refractivity contribution is 6.46. The summed E-state index contributed by atoms with van der Waals surface area (Å²) in [4.78, 5) is 27.1. The normalized spacial score (nSPS) is 18.6. The smallest absolute Gasteiger partial charge is 0.295 e. The van der Waals surface area contributed by atoms with Crippen molar-refractivity contribution in [3.8, 4) is 0 Å². The second kappa shape index (κ2) is 8.63. The molecular formula is C25H28FNO4. The molecule has 0 spiro atoms. The molecule has 1 heterocycles. The number of hydrogen-bond donors (Lipinski definition) is 1. The third-order valence-corrected chi connectivity index (χ3v) is 5.63. The van der Waals surface area contributed by atoms with E-state index in [4.69, 9.17) is 4.74 Å². The Morgan fingerprint density at radius 1 is 1.16 bits per heavy atom. The van der Waals surface area contributed by atoms with Crippen molar-refractivity contribution in [2.75, 3.05) is 20.3 Å². The number of amides is 1. The van der Waals surface area contributed by atoms with E-state index >= 15 is 0 Å². The van der Waals surface area contributed by atoms with Gasteiger partial charge >= 0.3 is 0 Å². The summed E-state index contributed by atoms with van der Waals surface area (Å²) in [6.07, 6.45) is 0. The minimum absolute atomic E-state index is 0.0951. The number of aliphatic hydroxyl groups is 1. The predicted octanol–water partition coefficient (Wildman–Crippen LogP) is 4.50. The van der Waals surface area contributed by atoms with Crippen LogP contribution in [0.2, 0.25) is 0 Å². The molecule has 3 rings (SSSR count). The van der Waals surface area contributed by atoms with Gasteiger partial charge in [0.15, 0.2) is 0 Å². The van der Waals surface area contributed by atoms with Gasteiger partial charge in [0.05, 0.1) is 18.2 Å². The Kier molecular flexibility index (Phi) is 6.32. The van der Waals surface area contributed by atoms with Gasteiger partial charge in [-0.1, -0.05) is 51.1 Å². The quantitative estimate of drug-likeness (QED) is 0.435. The number of hydrogen-bond acceptors (Lipinski definition) is 4. The third-order valence-electron chi connectivity index (χ3n) is 5.63. The molecule has 0 radical (unpaired) electrons. The van der Waals surface area contributed by atoms with Gasteiger partial charge in [0.2, 0.25) is 0 Å². The first kappa shape index (κ1) is 22.7. The average molecular weight is 426 g/mol. The number of carbonyl (C=O) groups is 2. The van der Waals surface area contributed by atoms with Gasteiger partial charge in [-0.05, 0) is 35.6 Å². The number of Topliss-reactive ketones (excluding diaryl/α,β-unsaturated/α-hetero) is 1. The Morgan fingerprint density at radius 2 is 1.84 bits per heavy atom. The number of nitrogens with zero attached hydrogens (tertiary/aromatic N) is 1. The number of ketones is 1. The second-order valence-electron chi connectivity index (χ2n) is 8.79. The van der Waals surface area contributed by atoms with E-state index < -0.39 is 23.5 Å². The van der Waals surface area contributed by atoms with Gasteiger partial charge in [0.1, 0.15) is 11.6 Å². The van der Waals surface area contributed by atoms with Crippen LogP contribution in [0.15, 0.2) is 48.0 Å². The molecule has 2 aromatic carbocycles. The van der Waals surface area contributed by atoms with Crippen molar-refractivity contribution in [2.24, 2.45) is 0 Å². The summed E-state index contributed by atoms with van der Waals surface area (Å²) < 4.78 is 19.8. The van der Waals surface area contributed by atoms with Crippen molar-refractivity contribution in [2.45, 2.75) is 39.2 Å². The molecule has 1 aliphatic heterocycles. The van der Waals surface area contributed by atoms with Crippen LogP contribution in [0.4, 0.5) is 4.39 Å². The lowest BCUT2D eigenvalue weighted by molar-refractivity contribution is -0.140. The highest BCUT2D eigenvalue weighted by Crippen LogP contribution is 2.41. The van der Waals surface area contributed by atoms with E-state index in [-0.39, 0.29) is 35.5 Å². The summed E-state index contributed by atoms with van der Waals surface area (Å²) in [5.74, 6) is -2.46. The van der Waals surface area contributed by atoms with Gasteiger partial charge in [-0.15, -0.1) is 0 Å². The van der Waals surface area contributed by atoms with Gasteiger partial charge in [-0.2, -0.15) is 0 Å². The lowest BCUT2D eigenvalue weighted by atomic mass is 9.84. The van der Waals surface area contributed by atoms with Gasteiger partial charge in [-0.3, -0.25) is 9.59 Å². The number of benzene rings is 2. The number of carbonyl (C=O) groups excluding carboxylic acids is 2. The fraction of sp³-hybridized carbons (Fsp3) is 0.360. The number of aliphatic hydroxyl groups excluding tert-OH is 1. The molecule has 1 fully saturated rings. The van der Waals surface area contributed by atoms with Gasteiger partial charge in [0.25, 0.3) is 11.7 Å². The molecule has 6 heteroatoms. The summed E-state index contributed by atoms with van der Waals surface area (Å²) in [5.41, 5.74) is 2.04. The molecule has 1 aliphatic rings. The highest BCUT2D eigenvalue weighted by Gasteiger charge is 2.46. The number of likely N-dealkylation sites (tertiary alicyclic amines) is 1. The standard InChI is InChI=1S/C25H28FNO4/c1-15-10-11-16(25(2,3)4)14-18(15)22(28)20-21(17-8-6-7-9-19(17)26)27(12-13-31-5)24(30)23(20)29/h6-11,14,21,28H,12-13H2,1-5H3/b22-20+. The van der Waals surface area contributed by atoms with Gasteiger partial charge < -0.3 is 14.7 Å². The maximum Gasteiger partial charge on any atom is 0.295 e. The summed E-state index contributed by atoms with van der Waals surface area (Å²) in [6, 6.07) is 10.6. The molecule has 2 aromatic rings. The summed E-state index contributed by atoms with van der Waals surface area (Å²) >= 11 is 0. The zero-order valence-electron chi connectivity index (χ0n) is 18.5. The van der Waals surface area contributed by atoms with Crippen LogP contribution < -0.4 is 0 Å². The van der Waals surface area contributed by atoms with Gasteiger partial charge in [0, 0.05) is 24.8 Å². The van der Waals surface area contributed by atoms with E-state index in [0.29, 0.717) is 5.56 Å². The molecule has 0 aliphatic carbocycles. The van der Waals surface area contributed by atoms with Crippen molar-refractivity contribution in [1.82, 2.24) is 4.90 Å². The van der Waals surface area contributed by atoms with E-state index in [0.717, 1.165) is 11.1 Å². The molecule has 164 valence electrons. The maximum atomic E-state index is 14.7. The first-order chi connectivity index (χ1) is 14.6. The molecule has 1 N–H and O–H groups in total. The molecular weight excluding hydrogens is 397 g/mol. The fourth-order valence-electron chi connectivity index (χ4n) is 3.81. The van der Waals surface area contributed by atoms with Crippen LogP contribution >= 0.6 is 0 Å². The van der Waals surface area contributed by atoms with Crippen LogP contribution in [0.25, 0.3) is 5.76 Å². The molecule has 1 amide bonds. The minimum atomic E-state index is -1.03. The van der Waals surface area contributed by atoms with E-state index in [1.54, 1.807) is 6.07 Å². The molecule has 31 heavy (non-hydrogen) atoms. The van der Waals surface area contributed by atoms with Gasteiger partial charge in [-0.25, -0.2) is 4.39 Å². The largest absolute Gasteiger partial charge is 0.507 e. The molecule has 1 atom stereocenters. The zero-order valence-corrected chi connectivity index (χ0v) is 18.5. The highest BCUT2D eigenvalue weighted by atomic mass is 19.1. The predicted molar refractivity (Wildman–Crippen MR) is 117 cm³/mol. The van der Waals surface area contributed by atoms with Crippen LogP contribution in [0.1, 0.15) is 49.1 Å². The number of methoxy groups -OCH3 is 1. The minimum Gasteiger partial charge on any atom is -0.507 e. The van der Waals surface area contributed by atoms with Crippen molar-refractivity contribution >= 4 is 17.4 Å². The monoisotopic (exact) mass is 425 g/mol. The molecule has 5 nitrogen and oxygen atoms in total. The topological polar surface area (TPSA) is 66.8 Å². The average Bonchev–Trinajstić information content (AvgIpc) is 2.96. The summed E-state index contributed by atoms with van der Waals surface area (Å²) in [6.45, 7) is 8.23. The first-order valence-electron chi connectivity index (χ1n) is 10.2. The molecule has 0 aromatic heterocycles. The lowest BCUT2D eigenvalue weighted by Gasteiger charge is -2.26. The van der Waals surface area contributed by atoms with Crippen molar-refractivity contribution in [3.05, 3.63) is 76.1 Å². The van der Waals surface area contributed by atoms with E-state index in [1.807, 2.05) is 45.9 Å². The summed E-state index contributed by atoms with van der Waals surface area (Å²) in [7, 11) is 1.48. The molecule has 1 unspecified atom stereocenters. The lowest BCUT2D eigenvalue weighted by Crippen LogP contribution is -2.33. The fourth-order valence-corrected chi connectivity index (χ4v) is 3.81. The molecule has 0 bridgehead atoms. The maximum absolute atomic E-state index is 14.7.